The van der Waals surface area contributed by atoms with Crippen LogP contribution in [0.3, 0.4) is 0 Å². The Bertz CT molecular complexity index is 446. The molecule has 0 spiro atoms. The van der Waals surface area contributed by atoms with Gasteiger partial charge in [-0.15, -0.1) is 11.3 Å². The van der Waals surface area contributed by atoms with E-state index in [2.05, 4.69) is 38.2 Å². The molecule has 1 aliphatic carbocycles. The molecule has 1 aromatic heterocycles. The molecule has 1 aliphatic rings. The summed E-state index contributed by atoms with van der Waals surface area (Å²) in [6.07, 6.45) is 11.4. The molecule has 13 heavy (non-hydrogen) atoms. The maximum Gasteiger partial charge on any atom is 0.0305 e. The van der Waals surface area contributed by atoms with Crippen LogP contribution >= 0.6 is 11.3 Å². The molecule has 0 saturated carbocycles. The van der Waals surface area contributed by atoms with Crippen LogP contribution in [-0.4, -0.2) is 0 Å². The molecule has 1 heterocycles. The topological polar surface area (TPSA) is 0 Å². The highest BCUT2D eigenvalue weighted by atomic mass is 32.1. The van der Waals surface area contributed by atoms with Gasteiger partial charge < -0.3 is 0 Å². The van der Waals surface area contributed by atoms with E-state index in [0.717, 1.165) is 0 Å². The van der Waals surface area contributed by atoms with Crippen molar-refractivity contribution in [3.8, 4) is 0 Å². The van der Waals surface area contributed by atoms with E-state index in [0.29, 0.717) is 0 Å². The zero-order valence-electron chi connectivity index (χ0n) is 8.13. The SMILES string of the molecule is C/C=c1/c2c(s/c1=C/C)CCC=C2. The first-order valence-corrected chi connectivity index (χ1v) is 5.59. The molecule has 0 radical (unpaired) electrons. The van der Waals surface area contributed by atoms with Crippen LogP contribution in [0.4, 0.5) is 0 Å². The fourth-order valence-corrected chi connectivity index (χ4v) is 3.05. The van der Waals surface area contributed by atoms with Gasteiger partial charge in [-0.3, -0.25) is 0 Å². The zero-order chi connectivity index (χ0) is 9.26. The van der Waals surface area contributed by atoms with E-state index in [4.69, 9.17) is 0 Å². The Hall–Kier alpha value is -0.820. The molecule has 0 atom stereocenters. The average molecular weight is 190 g/mol. The van der Waals surface area contributed by atoms with E-state index >= 15 is 0 Å². The number of thiophene rings is 1. The monoisotopic (exact) mass is 190 g/mol. The predicted molar refractivity (Wildman–Crippen MR) is 61.2 cm³/mol. The second-order valence-electron chi connectivity index (χ2n) is 3.24. The highest BCUT2D eigenvalue weighted by molar-refractivity contribution is 7.10. The largest absolute Gasteiger partial charge is 0.140 e. The first-order chi connectivity index (χ1) is 6.36. The van der Waals surface area contributed by atoms with E-state index in [1.165, 1.54) is 28.2 Å². The van der Waals surface area contributed by atoms with Crippen LogP contribution in [0.15, 0.2) is 6.08 Å². The standard InChI is InChI=1S/C12H14S/c1-3-9-10-7-5-6-8-12(10)13-11(9)4-2/h3-5,7H,6,8H2,1-2H3/b9-3-,11-4+. The van der Waals surface area contributed by atoms with Crippen molar-refractivity contribution in [2.75, 3.05) is 0 Å². The second-order valence-corrected chi connectivity index (χ2v) is 4.37. The predicted octanol–water partition coefficient (Wildman–Crippen LogP) is 2.31. The average Bonchev–Trinajstić information content (AvgIpc) is 2.55. The van der Waals surface area contributed by atoms with E-state index in [1.807, 2.05) is 11.3 Å². The highest BCUT2D eigenvalue weighted by Crippen LogP contribution is 2.18. The van der Waals surface area contributed by atoms with Crippen LogP contribution in [0, 0.1) is 0 Å². The van der Waals surface area contributed by atoms with Crippen LogP contribution in [0.5, 0.6) is 0 Å². The molecule has 0 saturated heterocycles. The maximum atomic E-state index is 2.28. The molecule has 0 amide bonds. The minimum absolute atomic E-state index is 1.21. The first-order valence-electron chi connectivity index (χ1n) is 4.77. The highest BCUT2D eigenvalue weighted by Gasteiger charge is 2.08. The molecule has 0 nitrogen and oxygen atoms in total. The van der Waals surface area contributed by atoms with E-state index in [1.54, 1.807) is 4.88 Å². The summed E-state index contributed by atoms with van der Waals surface area (Å²) < 4.78 is 1.43. The smallest absolute Gasteiger partial charge is 0.0305 e. The van der Waals surface area contributed by atoms with Crippen molar-refractivity contribution in [1.29, 1.82) is 0 Å². The van der Waals surface area contributed by atoms with Crippen molar-refractivity contribution in [2.24, 2.45) is 0 Å². The summed E-state index contributed by atoms with van der Waals surface area (Å²) in [7, 11) is 0. The number of hydrogen-bond donors (Lipinski definition) is 0. The van der Waals surface area contributed by atoms with Crippen molar-refractivity contribution in [3.63, 3.8) is 0 Å². The Kier molecular flexibility index (Phi) is 2.36. The van der Waals surface area contributed by atoms with Gasteiger partial charge in [-0.05, 0) is 37.5 Å². The van der Waals surface area contributed by atoms with Gasteiger partial charge in [0.15, 0.2) is 0 Å². The summed E-state index contributed by atoms with van der Waals surface area (Å²) in [5.74, 6) is 0. The molecule has 1 aromatic rings. The van der Waals surface area contributed by atoms with Gasteiger partial charge in [0.1, 0.15) is 0 Å². The Balaban J connectivity index is 2.82. The van der Waals surface area contributed by atoms with Gasteiger partial charge in [0.05, 0.1) is 0 Å². The van der Waals surface area contributed by atoms with Crippen molar-refractivity contribution in [2.45, 2.75) is 26.7 Å². The third-order valence-corrected chi connectivity index (χ3v) is 3.81. The number of hydrogen-bond acceptors (Lipinski definition) is 1. The number of allylic oxidation sites excluding steroid dienone is 1. The number of fused-ring (bicyclic) bond motifs is 1. The van der Waals surface area contributed by atoms with Gasteiger partial charge in [-0.1, -0.05) is 24.3 Å². The van der Waals surface area contributed by atoms with Gasteiger partial charge in [0.25, 0.3) is 0 Å². The van der Waals surface area contributed by atoms with Crippen molar-refractivity contribution in [1.82, 2.24) is 0 Å². The molecule has 0 aromatic carbocycles. The molecule has 0 unspecified atom stereocenters. The van der Waals surface area contributed by atoms with Gasteiger partial charge in [0, 0.05) is 9.41 Å². The Morgan fingerprint density at radius 2 is 2.15 bits per heavy atom. The van der Waals surface area contributed by atoms with Crippen molar-refractivity contribution in [3.05, 3.63) is 26.3 Å². The normalized spacial score (nSPS) is 18.0. The molecular formula is C12H14S. The van der Waals surface area contributed by atoms with Crippen LogP contribution in [0.25, 0.3) is 18.2 Å². The number of rotatable bonds is 0. The lowest BCUT2D eigenvalue weighted by Crippen LogP contribution is -2.19. The fraction of sp³-hybridized carbons (Fsp3) is 0.333. The summed E-state index contributed by atoms with van der Waals surface area (Å²) in [5, 5.41) is 1.43. The van der Waals surface area contributed by atoms with E-state index in [9.17, 15) is 0 Å². The lowest BCUT2D eigenvalue weighted by Gasteiger charge is -2.02. The number of aryl methyl sites for hydroxylation is 1. The molecule has 2 rings (SSSR count). The van der Waals surface area contributed by atoms with Crippen LogP contribution < -0.4 is 9.75 Å². The van der Waals surface area contributed by atoms with Gasteiger partial charge in [-0.2, -0.15) is 0 Å². The summed E-state index contributed by atoms with van der Waals surface area (Å²) in [6.45, 7) is 4.24. The molecular weight excluding hydrogens is 176 g/mol. The van der Waals surface area contributed by atoms with E-state index in [-0.39, 0.29) is 0 Å². The minimum atomic E-state index is 1.21. The first kappa shape index (κ1) is 8.76. The third-order valence-electron chi connectivity index (χ3n) is 2.46. The fourth-order valence-electron chi connectivity index (χ4n) is 1.82. The summed E-state index contributed by atoms with van der Waals surface area (Å²) >= 11 is 1.95. The van der Waals surface area contributed by atoms with Gasteiger partial charge >= 0.3 is 0 Å². The molecule has 68 valence electrons. The summed E-state index contributed by atoms with van der Waals surface area (Å²) in [4.78, 5) is 1.56. The van der Waals surface area contributed by atoms with Crippen LogP contribution in [0.2, 0.25) is 0 Å². The minimum Gasteiger partial charge on any atom is -0.140 e. The van der Waals surface area contributed by atoms with Gasteiger partial charge in [0.2, 0.25) is 0 Å². The molecule has 0 bridgehead atoms. The van der Waals surface area contributed by atoms with Gasteiger partial charge in [-0.25, -0.2) is 0 Å². The summed E-state index contributed by atoms with van der Waals surface area (Å²) in [6, 6.07) is 0. The lowest BCUT2D eigenvalue weighted by molar-refractivity contribution is 1.01. The molecule has 0 N–H and O–H groups in total. The van der Waals surface area contributed by atoms with E-state index < -0.39 is 0 Å². The summed E-state index contributed by atoms with van der Waals surface area (Å²) in [5.41, 5.74) is 1.46. The molecule has 1 heteroatoms. The second kappa shape index (κ2) is 3.51. The Labute approximate surface area is 82.9 Å². The maximum absolute atomic E-state index is 2.28. The quantitative estimate of drug-likeness (QED) is 0.589. The molecule has 0 aliphatic heterocycles. The third kappa shape index (κ3) is 1.37. The van der Waals surface area contributed by atoms with Crippen molar-refractivity contribution < 1.29 is 0 Å². The van der Waals surface area contributed by atoms with Crippen LogP contribution in [-0.2, 0) is 6.42 Å². The Morgan fingerprint density at radius 3 is 2.85 bits per heavy atom. The van der Waals surface area contributed by atoms with Crippen molar-refractivity contribution >= 4 is 29.6 Å². The lowest BCUT2D eigenvalue weighted by atomic mass is 10.0. The van der Waals surface area contributed by atoms with Crippen LogP contribution in [0.1, 0.15) is 30.7 Å². The zero-order valence-corrected chi connectivity index (χ0v) is 8.95. The molecule has 0 fully saturated rings. The Morgan fingerprint density at radius 1 is 1.31 bits per heavy atom.